The molecule has 2 aromatic heterocycles. The van der Waals surface area contributed by atoms with Crippen molar-refractivity contribution in [1.82, 2.24) is 25.1 Å². The van der Waals surface area contributed by atoms with Gasteiger partial charge in [0, 0.05) is 24.9 Å². The van der Waals surface area contributed by atoms with Gasteiger partial charge in [0.05, 0.1) is 31.0 Å². The molecule has 0 spiro atoms. The Morgan fingerprint density at radius 3 is 2.69 bits per heavy atom. The second-order valence-corrected chi connectivity index (χ2v) is 7.05. The van der Waals surface area contributed by atoms with Gasteiger partial charge in [-0.25, -0.2) is 9.97 Å². The fraction of sp³-hybridized carbons (Fsp3) is 0.444. The van der Waals surface area contributed by atoms with Crippen LogP contribution < -0.4 is 0 Å². The van der Waals surface area contributed by atoms with E-state index in [2.05, 4.69) is 21.2 Å². The second kappa shape index (κ2) is 8.11. The number of hydrogen-bond donors (Lipinski definition) is 0. The highest BCUT2D eigenvalue weighted by Crippen LogP contribution is 2.28. The second-order valence-electron chi connectivity index (χ2n) is 6.08. The molecular formula is C18H21N5O2S. The van der Waals surface area contributed by atoms with Crippen LogP contribution in [0, 0.1) is 0 Å². The summed E-state index contributed by atoms with van der Waals surface area (Å²) < 4.78 is 11.0. The Kier molecular flexibility index (Phi) is 5.42. The van der Waals surface area contributed by atoms with Crippen LogP contribution in [-0.2, 0) is 23.5 Å². The lowest BCUT2D eigenvalue weighted by Crippen LogP contribution is -2.36. The molecule has 26 heavy (non-hydrogen) atoms. The van der Waals surface area contributed by atoms with Crippen LogP contribution in [0.15, 0.2) is 33.7 Å². The molecule has 0 N–H and O–H groups in total. The standard InChI is InChI=1S/C18H21N5O2S/c1-2-16-21-22-17(25-16)12-26-18-13-5-3-4-6-14(13)19-15(20-18)11-23-7-9-24-10-8-23/h3-6H,2,7-12H2,1H3. The number of morpholine rings is 1. The lowest BCUT2D eigenvalue weighted by molar-refractivity contribution is 0.0330. The highest BCUT2D eigenvalue weighted by atomic mass is 32.2. The Hall–Kier alpha value is -2.03. The molecule has 1 fully saturated rings. The fourth-order valence-corrected chi connectivity index (χ4v) is 3.73. The van der Waals surface area contributed by atoms with Gasteiger partial charge in [0.2, 0.25) is 11.8 Å². The van der Waals surface area contributed by atoms with Crippen molar-refractivity contribution in [3.63, 3.8) is 0 Å². The van der Waals surface area contributed by atoms with Crippen LogP contribution in [0.25, 0.3) is 10.9 Å². The normalized spacial score (nSPS) is 15.6. The minimum atomic E-state index is 0.602. The summed E-state index contributed by atoms with van der Waals surface area (Å²) in [6.07, 6.45) is 0.748. The fourth-order valence-electron chi connectivity index (χ4n) is 2.85. The van der Waals surface area contributed by atoms with Crippen LogP contribution in [0.4, 0.5) is 0 Å². The van der Waals surface area contributed by atoms with Crippen molar-refractivity contribution in [2.45, 2.75) is 30.7 Å². The number of thioether (sulfide) groups is 1. The number of rotatable bonds is 6. The molecule has 1 aromatic carbocycles. The van der Waals surface area contributed by atoms with E-state index in [0.717, 1.165) is 61.0 Å². The molecule has 0 radical (unpaired) electrons. The zero-order valence-electron chi connectivity index (χ0n) is 14.7. The van der Waals surface area contributed by atoms with Crippen molar-refractivity contribution in [1.29, 1.82) is 0 Å². The summed E-state index contributed by atoms with van der Waals surface area (Å²) >= 11 is 1.61. The van der Waals surface area contributed by atoms with Gasteiger partial charge in [0.15, 0.2) is 0 Å². The summed E-state index contributed by atoms with van der Waals surface area (Å²) in [6, 6.07) is 8.11. The van der Waals surface area contributed by atoms with E-state index >= 15 is 0 Å². The van der Waals surface area contributed by atoms with Gasteiger partial charge >= 0.3 is 0 Å². The molecule has 0 unspecified atom stereocenters. The van der Waals surface area contributed by atoms with Gasteiger partial charge in [0.25, 0.3) is 0 Å². The van der Waals surface area contributed by atoms with Gasteiger partial charge in [0.1, 0.15) is 10.9 Å². The average Bonchev–Trinajstić information content (AvgIpc) is 3.15. The van der Waals surface area contributed by atoms with E-state index in [1.165, 1.54) is 0 Å². The minimum absolute atomic E-state index is 0.602. The third kappa shape index (κ3) is 4.03. The van der Waals surface area contributed by atoms with Gasteiger partial charge in [-0.2, -0.15) is 0 Å². The van der Waals surface area contributed by atoms with Crippen molar-refractivity contribution in [3.05, 3.63) is 41.9 Å². The number of aryl methyl sites for hydroxylation is 1. The Morgan fingerprint density at radius 2 is 1.88 bits per heavy atom. The smallest absolute Gasteiger partial charge is 0.226 e. The molecule has 0 saturated carbocycles. The number of fused-ring (bicyclic) bond motifs is 1. The molecule has 0 amide bonds. The molecule has 0 atom stereocenters. The first-order valence-electron chi connectivity index (χ1n) is 8.81. The number of aromatic nitrogens is 4. The van der Waals surface area contributed by atoms with Crippen molar-refractivity contribution < 1.29 is 9.15 Å². The first-order valence-corrected chi connectivity index (χ1v) is 9.80. The molecule has 0 aliphatic carbocycles. The first kappa shape index (κ1) is 17.4. The number of benzene rings is 1. The predicted octanol–water partition coefficient (Wildman–Crippen LogP) is 2.70. The maximum absolute atomic E-state index is 5.61. The van der Waals surface area contributed by atoms with E-state index in [1.807, 2.05) is 25.1 Å². The van der Waals surface area contributed by atoms with Crippen molar-refractivity contribution >= 4 is 22.7 Å². The van der Waals surface area contributed by atoms with Crippen LogP contribution in [0.5, 0.6) is 0 Å². The van der Waals surface area contributed by atoms with Gasteiger partial charge < -0.3 is 9.15 Å². The van der Waals surface area contributed by atoms with Crippen LogP contribution in [0.3, 0.4) is 0 Å². The van der Waals surface area contributed by atoms with Gasteiger partial charge in [-0.1, -0.05) is 36.9 Å². The molecule has 1 aliphatic rings. The summed E-state index contributed by atoms with van der Waals surface area (Å²) in [5.74, 6) is 2.74. The molecule has 7 nitrogen and oxygen atoms in total. The summed E-state index contributed by atoms with van der Waals surface area (Å²) in [6.45, 7) is 6.11. The molecule has 3 aromatic rings. The Morgan fingerprint density at radius 1 is 1.08 bits per heavy atom. The molecule has 1 saturated heterocycles. The summed E-state index contributed by atoms with van der Waals surface area (Å²) in [5, 5.41) is 10.1. The van der Waals surface area contributed by atoms with Gasteiger partial charge in [-0.3, -0.25) is 4.90 Å². The molecule has 1 aliphatic heterocycles. The van der Waals surface area contributed by atoms with Crippen molar-refractivity contribution in [2.24, 2.45) is 0 Å². The zero-order valence-corrected chi connectivity index (χ0v) is 15.5. The van der Waals surface area contributed by atoms with Crippen molar-refractivity contribution in [3.8, 4) is 0 Å². The average molecular weight is 371 g/mol. The third-order valence-corrected chi connectivity index (χ3v) is 5.20. The van der Waals surface area contributed by atoms with Crippen LogP contribution in [0.1, 0.15) is 24.5 Å². The quantitative estimate of drug-likeness (QED) is 0.483. The maximum atomic E-state index is 5.61. The lowest BCUT2D eigenvalue weighted by atomic mass is 10.2. The van der Waals surface area contributed by atoms with Crippen LogP contribution in [0.2, 0.25) is 0 Å². The third-order valence-electron chi connectivity index (χ3n) is 4.23. The van der Waals surface area contributed by atoms with Gasteiger partial charge in [-0.15, -0.1) is 10.2 Å². The monoisotopic (exact) mass is 371 g/mol. The van der Waals surface area contributed by atoms with Gasteiger partial charge in [-0.05, 0) is 6.07 Å². The summed E-state index contributed by atoms with van der Waals surface area (Å²) in [7, 11) is 0. The van der Waals surface area contributed by atoms with Crippen LogP contribution >= 0.6 is 11.8 Å². The van der Waals surface area contributed by atoms with E-state index in [4.69, 9.17) is 19.1 Å². The maximum Gasteiger partial charge on any atom is 0.226 e. The number of para-hydroxylation sites is 1. The van der Waals surface area contributed by atoms with Crippen molar-refractivity contribution in [2.75, 3.05) is 26.3 Å². The highest BCUT2D eigenvalue weighted by Gasteiger charge is 2.15. The Balaban J connectivity index is 1.56. The van der Waals surface area contributed by atoms with E-state index in [-0.39, 0.29) is 0 Å². The number of nitrogens with zero attached hydrogens (tertiary/aromatic N) is 5. The molecule has 8 heteroatoms. The van der Waals surface area contributed by atoms with E-state index in [0.29, 0.717) is 17.5 Å². The Bertz CT molecular complexity index is 879. The SMILES string of the molecule is CCc1nnc(CSc2nc(CN3CCOCC3)nc3ccccc23)o1. The largest absolute Gasteiger partial charge is 0.424 e. The molecule has 4 rings (SSSR count). The number of ether oxygens (including phenoxy) is 1. The summed E-state index contributed by atoms with van der Waals surface area (Å²) in [5.41, 5.74) is 0.966. The predicted molar refractivity (Wildman–Crippen MR) is 98.9 cm³/mol. The van der Waals surface area contributed by atoms with E-state index < -0.39 is 0 Å². The minimum Gasteiger partial charge on any atom is -0.424 e. The Labute approximate surface area is 156 Å². The topological polar surface area (TPSA) is 77.2 Å². The summed E-state index contributed by atoms with van der Waals surface area (Å²) in [4.78, 5) is 11.9. The first-order chi connectivity index (χ1) is 12.8. The molecule has 136 valence electrons. The number of hydrogen-bond acceptors (Lipinski definition) is 8. The molecular weight excluding hydrogens is 350 g/mol. The lowest BCUT2D eigenvalue weighted by Gasteiger charge is -2.25. The molecule has 0 bridgehead atoms. The highest BCUT2D eigenvalue weighted by molar-refractivity contribution is 7.98. The van der Waals surface area contributed by atoms with E-state index in [9.17, 15) is 0 Å². The van der Waals surface area contributed by atoms with Crippen LogP contribution in [-0.4, -0.2) is 51.4 Å². The molecule has 3 heterocycles. The zero-order chi connectivity index (χ0) is 17.8. The van der Waals surface area contributed by atoms with E-state index in [1.54, 1.807) is 11.8 Å².